The third-order valence-corrected chi connectivity index (χ3v) is 2.56. The van der Waals surface area contributed by atoms with Gasteiger partial charge in [0.2, 0.25) is 11.6 Å². The number of hydrogen-bond donors (Lipinski definition) is 1. The van der Waals surface area contributed by atoms with Crippen LogP contribution in [0, 0.1) is 21.7 Å². The highest BCUT2D eigenvalue weighted by Gasteiger charge is 2.25. The zero-order chi connectivity index (χ0) is 15.6. The summed E-state index contributed by atoms with van der Waals surface area (Å²) in [7, 11) is 0. The number of hydrogen-bond acceptors (Lipinski definition) is 4. The Bertz CT molecular complexity index is 732. The molecule has 0 aliphatic heterocycles. The monoisotopic (exact) mass is 295 g/mol. The fourth-order valence-electron chi connectivity index (χ4n) is 1.60. The molecule has 2 aromatic rings. The van der Waals surface area contributed by atoms with Gasteiger partial charge in [0.25, 0.3) is 0 Å². The minimum Gasteiger partial charge on any atom is -0.478 e. The molecule has 6 nitrogen and oxygen atoms in total. The second-order valence-electron chi connectivity index (χ2n) is 3.87. The molecule has 0 bridgehead atoms. The predicted molar refractivity (Wildman–Crippen MR) is 66.5 cm³/mol. The number of nitrogens with zero attached hydrogens (tertiary/aromatic N) is 1. The number of carboxylic acids is 1. The van der Waals surface area contributed by atoms with Gasteiger partial charge in [-0.05, 0) is 18.2 Å². The molecule has 0 saturated carbocycles. The van der Waals surface area contributed by atoms with Crippen LogP contribution in [-0.2, 0) is 0 Å². The van der Waals surface area contributed by atoms with E-state index < -0.39 is 34.0 Å². The van der Waals surface area contributed by atoms with E-state index >= 15 is 0 Å². The fraction of sp³-hybridized carbons (Fsp3) is 0. The number of nitro benzene ring substituents is 1. The van der Waals surface area contributed by atoms with Crippen LogP contribution in [0.25, 0.3) is 0 Å². The zero-order valence-electron chi connectivity index (χ0n) is 10.2. The van der Waals surface area contributed by atoms with Crippen LogP contribution in [-0.4, -0.2) is 16.0 Å². The van der Waals surface area contributed by atoms with Gasteiger partial charge in [-0.15, -0.1) is 0 Å². The molecule has 0 heterocycles. The Balaban J connectivity index is 2.57. The summed E-state index contributed by atoms with van der Waals surface area (Å²) in [4.78, 5) is 20.9. The maximum atomic E-state index is 13.7. The lowest BCUT2D eigenvalue weighted by Gasteiger charge is -2.09. The van der Waals surface area contributed by atoms with Gasteiger partial charge in [0.1, 0.15) is 11.3 Å². The molecular formula is C13H7F2NO5. The van der Waals surface area contributed by atoms with E-state index in [0.717, 1.165) is 6.07 Å². The number of para-hydroxylation sites is 1. The molecule has 0 saturated heterocycles. The highest BCUT2D eigenvalue weighted by atomic mass is 19.2. The first-order valence-corrected chi connectivity index (χ1v) is 5.54. The number of aromatic carboxylic acids is 1. The summed E-state index contributed by atoms with van der Waals surface area (Å²) in [5, 5.41) is 19.8. The first kappa shape index (κ1) is 14.4. The molecule has 0 spiro atoms. The van der Waals surface area contributed by atoms with Crippen molar-refractivity contribution in [3.63, 3.8) is 0 Å². The number of rotatable bonds is 4. The van der Waals surface area contributed by atoms with Crippen LogP contribution in [0.15, 0.2) is 36.4 Å². The molecule has 108 valence electrons. The summed E-state index contributed by atoms with van der Waals surface area (Å²) < 4.78 is 31.8. The molecule has 0 aliphatic carbocycles. The Morgan fingerprint density at radius 3 is 2.48 bits per heavy atom. The average Bonchev–Trinajstić information content (AvgIpc) is 2.44. The van der Waals surface area contributed by atoms with Crippen molar-refractivity contribution in [2.24, 2.45) is 0 Å². The molecule has 0 amide bonds. The largest absolute Gasteiger partial charge is 0.478 e. The minimum absolute atomic E-state index is 0.336. The van der Waals surface area contributed by atoms with Gasteiger partial charge in [-0.25, -0.2) is 9.18 Å². The van der Waals surface area contributed by atoms with Gasteiger partial charge in [0, 0.05) is 6.07 Å². The van der Waals surface area contributed by atoms with Crippen molar-refractivity contribution >= 4 is 11.7 Å². The van der Waals surface area contributed by atoms with E-state index in [1.807, 2.05) is 0 Å². The number of nitro groups is 1. The zero-order valence-corrected chi connectivity index (χ0v) is 10.2. The molecular weight excluding hydrogens is 288 g/mol. The van der Waals surface area contributed by atoms with E-state index in [4.69, 9.17) is 9.84 Å². The van der Waals surface area contributed by atoms with Crippen molar-refractivity contribution < 1.29 is 28.3 Å². The average molecular weight is 295 g/mol. The van der Waals surface area contributed by atoms with E-state index in [2.05, 4.69) is 0 Å². The topological polar surface area (TPSA) is 89.7 Å². The van der Waals surface area contributed by atoms with Crippen LogP contribution in [0.1, 0.15) is 10.4 Å². The Morgan fingerprint density at radius 1 is 1.19 bits per heavy atom. The van der Waals surface area contributed by atoms with E-state index in [1.54, 1.807) is 0 Å². The van der Waals surface area contributed by atoms with Crippen LogP contribution in [0.3, 0.4) is 0 Å². The number of carbonyl (C=O) groups is 1. The van der Waals surface area contributed by atoms with Gasteiger partial charge in [0.05, 0.1) is 4.92 Å². The van der Waals surface area contributed by atoms with Gasteiger partial charge in [-0.3, -0.25) is 10.1 Å². The van der Waals surface area contributed by atoms with Crippen LogP contribution in [0.5, 0.6) is 11.5 Å². The first-order valence-electron chi connectivity index (χ1n) is 5.54. The van der Waals surface area contributed by atoms with Crippen LogP contribution >= 0.6 is 0 Å². The highest BCUT2D eigenvalue weighted by molar-refractivity contribution is 5.91. The van der Waals surface area contributed by atoms with Gasteiger partial charge in [0.15, 0.2) is 5.82 Å². The fourth-order valence-corrected chi connectivity index (χ4v) is 1.60. The Kier molecular flexibility index (Phi) is 3.79. The molecule has 0 radical (unpaired) electrons. The Labute approximate surface area is 116 Å². The van der Waals surface area contributed by atoms with Crippen LogP contribution in [0.2, 0.25) is 0 Å². The SMILES string of the molecule is O=C(O)c1ccccc1Oc1c([N+](=O)[O-])ccc(F)c1F. The molecule has 2 rings (SSSR count). The van der Waals surface area contributed by atoms with Crippen molar-refractivity contribution in [3.8, 4) is 11.5 Å². The predicted octanol–water partition coefficient (Wildman–Crippen LogP) is 3.36. The lowest BCUT2D eigenvalue weighted by Crippen LogP contribution is -2.03. The molecule has 0 atom stereocenters. The van der Waals surface area contributed by atoms with E-state index in [9.17, 15) is 23.7 Å². The number of ether oxygens (including phenoxy) is 1. The molecule has 0 unspecified atom stereocenters. The summed E-state index contributed by atoms with van der Waals surface area (Å²) in [6.45, 7) is 0. The summed E-state index contributed by atoms with van der Waals surface area (Å²) in [6, 6.07) is 6.45. The van der Waals surface area contributed by atoms with Crippen molar-refractivity contribution in [3.05, 3.63) is 63.7 Å². The number of benzene rings is 2. The van der Waals surface area contributed by atoms with E-state index in [1.165, 1.54) is 24.3 Å². The lowest BCUT2D eigenvalue weighted by atomic mass is 10.2. The van der Waals surface area contributed by atoms with Gasteiger partial charge in [-0.2, -0.15) is 4.39 Å². The normalized spacial score (nSPS) is 10.2. The highest BCUT2D eigenvalue weighted by Crippen LogP contribution is 2.36. The van der Waals surface area contributed by atoms with Gasteiger partial charge >= 0.3 is 11.7 Å². The smallest absolute Gasteiger partial charge is 0.339 e. The standard InChI is InChI=1S/C13H7F2NO5/c14-8-5-6-9(16(19)20)12(11(8)15)21-10-4-2-1-3-7(10)13(17)18/h1-6H,(H,17,18). The molecule has 8 heteroatoms. The van der Waals surface area contributed by atoms with E-state index in [-0.39, 0.29) is 11.3 Å². The molecule has 21 heavy (non-hydrogen) atoms. The number of carboxylic acid groups (broad SMARTS) is 1. The van der Waals surface area contributed by atoms with Crippen molar-refractivity contribution in [1.29, 1.82) is 0 Å². The summed E-state index contributed by atoms with van der Waals surface area (Å²) in [6.07, 6.45) is 0. The molecule has 1 N–H and O–H groups in total. The third kappa shape index (κ3) is 2.78. The summed E-state index contributed by atoms with van der Waals surface area (Å²) in [5.41, 5.74) is -1.15. The maximum Gasteiger partial charge on any atom is 0.339 e. The van der Waals surface area contributed by atoms with Crippen molar-refractivity contribution in [1.82, 2.24) is 0 Å². The Hall–Kier alpha value is -3.03. The lowest BCUT2D eigenvalue weighted by molar-refractivity contribution is -0.385. The molecule has 0 fully saturated rings. The summed E-state index contributed by atoms with van der Waals surface area (Å²) in [5.74, 6) is -5.59. The second kappa shape index (κ2) is 5.53. The quantitative estimate of drug-likeness (QED) is 0.690. The van der Waals surface area contributed by atoms with E-state index in [0.29, 0.717) is 6.07 Å². The first-order chi connectivity index (χ1) is 9.91. The Morgan fingerprint density at radius 2 is 1.86 bits per heavy atom. The van der Waals surface area contributed by atoms with Crippen molar-refractivity contribution in [2.45, 2.75) is 0 Å². The van der Waals surface area contributed by atoms with Crippen molar-refractivity contribution in [2.75, 3.05) is 0 Å². The van der Waals surface area contributed by atoms with Crippen LogP contribution in [0.4, 0.5) is 14.5 Å². The third-order valence-electron chi connectivity index (χ3n) is 2.56. The maximum absolute atomic E-state index is 13.7. The summed E-state index contributed by atoms with van der Waals surface area (Å²) >= 11 is 0. The number of halogens is 2. The minimum atomic E-state index is -1.57. The van der Waals surface area contributed by atoms with Gasteiger partial charge in [-0.1, -0.05) is 12.1 Å². The molecule has 2 aromatic carbocycles. The molecule has 0 aromatic heterocycles. The van der Waals surface area contributed by atoms with Crippen LogP contribution < -0.4 is 4.74 Å². The van der Waals surface area contributed by atoms with Gasteiger partial charge < -0.3 is 9.84 Å². The molecule has 0 aliphatic rings. The second-order valence-corrected chi connectivity index (χ2v) is 3.87.